The number of carbonyl (C=O) groups is 1. The lowest BCUT2D eigenvalue weighted by Gasteiger charge is -2.34. The summed E-state index contributed by atoms with van der Waals surface area (Å²) >= 11 is 6.14. The minimum absolute atomic E-state index is 0.0737. The predicted octanol–water partition coefficient (Wildman–Crippen LogP) is 3.33. The molecule has 1 atom stereocenters. The highest BCUT2D eigenvalue weighted by Gasteiger charge is 2.29. The first-order valence-electron chi connectivity index (χ1n) is 8.79. The Morgan fingerprint density at radius 1 is 1.15 bits per heavy atom. The van der Waals surface area contributed by atoms with Gasteiger partial charge in [-0.3, -0.25) is 4.79 Å². The summed E-state index contributed by atoms with van der Waals surface area (Å²) in [6.07, 6.45) is 1.89. The normalized spacial score (nSPS) is 16.9. The van der Waals surface area contributed by atoms with Crippen LogP contribution in [0.25, 0.3) is 0 Å². The first kappa shape index (κ1) is 19.9. The van der Waals surface area contributed by atoms with Crippen molar-refractivity contribution in [2.75, 3.05) is 19.3 Å². The number of nitrogens with zero attached hydrogens (tertiary/aromatic N) is 1. The highest BCUT2D eigenvalue weighted by Crippen LogP contribution is 2.32. The van der Waals surface area contributed by atoms with Gasteiger partial charge in [-0.05, 0) is 42.5 Å². The smallest absolute Gasteiger partial charge is 0.255 e. The number of likely N-dealkylation sites (tertiary alicyclic amines) is 1. The summed E-state index contributed by atoms with van der Waals surface area (Å²) in [5.74, 6) is -0.201. The Morgan fingerprint density at radius 2 is 1.78 bits per heavy atom. The molecule has 1 aliphatic heterocycles. The van der Waals surface area contributed by atoms with Gasteiger partial charge >= 0.3 is 0 Å². The van der Waals surface area contributed by atoms with Gasteiger partial charge in [-0.15, -0.1) is 0 Å². The number of rotatable bonds is 4. The van der Waals surface area contributed by atoms with E-state index in [4.69, 9.17) is 11.6 Å². The number of aliphatic hydroxyl groups excluding tert-OH is 1. The van der Waals surface area contributed by atoms with E-state index in [1.807, 2.05) is 30.3 Å². The molecule has 0 aliphatic carbocycles. The molecule has 3 rings (SSSR count). The maximum Gasteiger partial charge on any atom is 0.255 e. The quantitative estimate of drug-likeness (QED) is 0.843. The van der Waals surface area contributed by atoms with Crippen LogP contribution in [-0.2, 0) is 9.84 Å². The van der Waals surface area contributed by atoms with E-state index in [1.54, 1.807) is 4.90 Å². The van der Waals surface area contributed by atoms with Crippen LogP contribution < -0.4 is 0 Å². The van der Waals surface area contributed by atoms with E-state index in [0.29, 0.717) is 25.9 Å². The molecule has 1 unspecified atom stereocenters. The van der Waals surface area contributed by atoms with Gasteiger partial charge in [-0.2, -0.15) is 0 Å². The molecule has 2 aromatic rings. The Kier molecular flexibility index (Phi) is 5.89. The molecule has 1 aliphatic rings. The molecule has 0 spiro atoms. The second-order valence-corrected chi connectivity index (χ2v) is 9.32. The first-order valence-corrected chi connectivity index (χ1v) is 11.1. The fourth-order valence-corrected chi connectivity index (χ4v) is 4.26. The van der Waals surface area contributed by atoms with E-state index in [-0.39, 0.29) is 27.3 Å². The van der Waals surface area contributed by atoms with Crippen molar-refractivity contribution in [3.8, 4) is 0 Å². The molecule has 0 aromatic heterocycles. The molecule has 0 radical (unpaired) electrons. The van der Waals surface area contributed by atoms with Crippen molar-refractivity contribution in [3.05, 3.63) is 64.7 Å². The van der Waals surface area contributed by atoms with Crippen LogP contribution in [0, 0.1) is 5.92 Å². The van der Waals surface area contributed by atoms with E-state index >= 15 is 0 Å². The average Bonchev–Trinajstić information content (AvgIpc) is 2.67. The summed E-state index contributed by atoms with van der Waals surface area (Å²) < 4.78 is 23.5. The Hall–Kier alpha value is -1.89. The van der Waals surface area contributed by atoms with E-state index in [2.05, 4.69) is 0 Å². The third-order valence-corrected chi connectivity index (χ3v) is 6.45. The zero-order chi connectivity index (χ0) is 19.6. The lowest BCUT2D eigenvalue weighted by atomic mass is 9.87. The minimum atomic E-state index is -3.42. The zero-order valence-electron chi connectivity index (χ0n) is 15.0. The van der Waals surface area contributed by atoms with Crippen LogP contribution in [-0.4, -0.2) is 43.7 Å². The molecule has 0 saturated carbocycles. The van der Waals surface area contributed by atoms with Crippen molar-refractivity contribution in [2.24, 2.45) is 5.92 Å². The van der Waals surface area contributed by atoms with Crippen molar-refractivity contribution in [2.45, 2.75) is 23.8 Å². The molecule has 1 N–H and O–H groups in total. The maximum atomic E-state index is 12.8. The number of halogens is 1. The van der Waals surface area contributed by atoms with Crippen LogP contribution >= 0.6 is 11.6 Å². The summed E-state index contributed by atoms with van der Waals surface area (Å²) in [4.78, 5) is 14.6. The molecule has 1 saturated heterocycles. The van der Waals surface area contributed by atoms with Gasteiger partial charge in [-0.25, -0.2) is 8.42 Å². The van der Waals surface area contributed by atoms with Gasteiger partial charge in [0.15, 0.2) is 9.84 Å². The molecule has 144 valence electrons. The number of hydrogen-bond acceptors (Lipinski definition) is 4. The lowest BCUT2D eigenvalue weighted by molar-refractivity contribution is 0.0462. The van der Waals surface area contributed by atoms with E-state index in [9.17, 15) is 18.3 Å². The van der Waals surface area contributed by atoms with Gasteiger partial charge in [-0.1, -0.05) is 41.9 Å². The van der Waals surface area contributed by atoms with Gasteiger partial charge in [0, 0.05) is 19.3 Å². The van der Waals surface area contributed by atoms with Gasteiger partial charge in [0.1, 0.15) is 0 Å². The number of hydrogen-bond donors (Lipinski definition) is 1. The van der Waals surface area contributed by atoms with E-state index in [0.717, 1.165) is 11.8 Å². The molecule has 7 heteroatoms. The zero-order valence-corrected chi connectivity index (χ0v) is 16.6. The van der Waals surface area contributed by atoms with Gasteiger partial charge < -0.3 is 10.0 Å². The van der Waals surface area contributed by atoms with Gasteiger partial charge in [0.05, 0.1) is 21.6 Å². The summed E-state index contributed by atoms with van der Waals surface area (Å²) in [7, 11) is -3.42. The summed E-state index contributed by atoms with van der Waals surface area (Å²) in [5.41, 5.74) is 1.08. The number of amides is 1. The Morgan fingerprint density at radius 3 is 2.37 bits per heavy atom. The number of sulfone groups is 1. The summed E-state index contributed by atoms with van der Waals surface area (Å²) in [6, 6.07) is 13.7. The number of benzene rings is 2. The fraction of sp³-hybridized carbons (Fsp3) is 0.350. The SMILES string of the molecule is CS(=O)(=O)c1ccc(Cl)c(C(=O)N2CCC(C(O)c3ccccc3)CC2)c1. The van der Waals surface area contributed by atoms with Crippen LogP contribution in [0.2, 0.25) is 5.02 Å². The van der Waals surface area contributed by atoms with Crippen LogP contribution in [0.4, 0.5) is 0 Å². The van der Waals surface area contributed by atoms with Crippen LogP contribution in [0.3, 0.4) is 0 Å². The van der Waals surface area contributed by atoms with Crippen molar-refractivity contribution in [1.82, 2.24) is 4.90 Å². The highest BCUT2D eigenvalue weighted by molar-refractivity contribution is 7.90. The minimum Gasteiger partial charge on any atom is -0.388 e. The average molecular weight is 408 g/mol. The second-order valence-electron chi connectivity index (χ2n) is 6.90. The Balaban J connectivity index is 1.70. The largest absolute Gasteiger partial charge is 0.388 e. The Bertz CT molecular complexity index is 922. The number of piperidine rings is 1. The highest BCUT2D eigenvalue weighted by atomic mass is 35.5. The van der Waals surface area contributed by atoms with E-state index < -0.39 is 15.9 Å². The monoisotopic (exact) mass is 407 g/mol. The predicted molar refractivity (Wildman–Crippen MR) is 105 cm³/mol. The van der Waals surface area contributed by atoms with Crippen molar-refractivity contribution in [1.29, 1.82) is 0 Å². The molecule has 2 aromatic carbocycles. The van der Waals surface area contributed by atoms with Gasteiger partial charge in [0.25, 0.3) is 5.91 Å². The number of aliphatic hydroxyl groups is 1. The van der Waals surface area contributed by atoms with Crippen LogP contribution in [0.15, 0.2) is 53.4 Å². The molecule has 1 amide bonds. The molecule has 27 heavy (non-hydrogen) atoms. The molecular weight excluding hydrogens is 386 g/mol. The fourth-order valence-electron chi connectivity index (χ4n) is 3.41. The lowest BCUT2D eigenvalue weighted by Crippen LogP contribution is -2.40. The molecule has 1 fully saturated rings. The van der Waals surface area contributed by atoms with Crippen molar-refractivity contribution in [3.63, 3.8) is 0 Å². The third-order valence-electron chi connectivity index (χ3n) is 5.01. The molecule has 5 nitrogen and oxygen atoms in total. The standard InChI is InChI=1S/C20H22ClNO4S/c1-27(25,26)16-7-8-18(21)17(13-16)20(24)22-11-9-15(10-12-22)19(23)14-5-3-2-4-6-14/h2-8,13,15,19,23H,9-12H2,1H3. The topological polar surface area (TPSA) is 74.7 Å². The third kappa shape index (κ3) is 4.51. The van der Waals surface area contributed by atoms with Gasteiger partial charge in [0.2, 0.25) is 0 Å². The van der Waals surface area contributed by atoms with E-state index in [1.165, 1.54) is 18.2 Å². The molecule has 1 heterocycles. The van der Waals surface area contributed by atoms with Crippen molar-refractivity contribution < 1.29 is 18.3 Å². The van der Waals surface area contributed by atoms with Crippen LogP contribution in [0.5, 0.6) is 0 Å². The summed E-state index contributed by atoms with van der Waals surface area (Å²) in [6.45, 7) is 0.986. The van der Waals surface area contributed by atoms with Crippen molar-refractivity contribution >= 4 is 27.3 Å². The Labute approximate surface area is 164 Å². The van der Waals surface area contributed by atoms with Crippen LogP contribution in [0.1, 0.15) is 34.9 Å². The summed E-state index contributed by atoms with van der Waals surface area (Å²) in [5, 5.41) is 10.8. The second kappa shape index (κ2) is 8.00. The molecular formula is C20H22ClNO4S. The molecule has 0 bridgehead atoms. The number of carbonyl (C=O) groups excluding carboxylic acids is 1. The first-order chi connectivity index (χ1) is 12.8. The maximum absolute atomic E-state index is 12.8.